The molecule has 10 rings (SSSR count). The van der Waals surface area contributed by atoms with Gasteiger partial charge in [0.15, 0.2) is 17.4 Å². The summed E-state index contributed by atoms with van der Waals surface area (Å²) < 4.78 is 31.2. The highest BCUT2D eigenvalue weighted by Crippen LogP contribution is 2.63. The Morgan fingerprint density at radius 3 is 2.37 bits per heavy atom. The molecule has 5 amide bonds. The van der Waals surface area contributed by atoms with Crippen molar-refractivity contribution in [3.8, 4) is 11.8 Å². The van der Waals surface area contributed by atoms with E-state index in [0.717, 1.165) is 49.3 Å². The van der Waals surface area contributed by atoms with Gasteiger partial charge >= 0.3 is 0 Å². The number of rotatable bonds is 6. The normalized spacial score (nSPS) is 28.4. The number of nitrogens with zero attached hydrogens (tertiary/aromatic N) is 2. The van der Waals surface area contributed by atoms with Crippen LogP contribution in [-0.4, -0.2) is 75.8 Å². The molecule has 3 saturated heterocycles. The minimum atomic E-state index is -1.38. The molecule has 7 aliphatic rings. The highest BCUT2D eigenvalue weighted by molar-refractivity contribution is 6.31. The summed E-state index contributed by atoms with van der Waals surface area (Å²) in [6, 6.07) is 13.0. The van der Waals surface area contributed by atoms with Gasteiger partial charge in [0, 0.05) is 77.6 Å². The average Bonchev–Trinajstić information content (AvgIpc) is 3.90. The number of piperidine rings is 2. The predicted octanol–water partition coefficient (Wildman–Crippen LogP) is 7.08. The predicted molar refractivity (Wildman–Crippen MR) is 237 cm³/mol. The molecule has 3 N–H and O–H groups in total. The van der Waals surface area contributed by atoms with Gasteiger partial charge in [0.25, 0.3) is 5.91 Å². The van der Waals surface area contributed by atoms with Crippen molar-refractivity contribution in [1.82, 2.24) is 20.4 Å². The van der Waals surface area contributed by atoms with Crippen molar-refractivity contribution < 1.29 is 37.5 Å². The number of hydrogen-bond donors (Lipinski definition) is 3. The number of halogens is 3. The lowest BCUT2D eigenvalue weighted by molar-refractivity contribution is -0.138. The van der Waals surface area contributed by atoms with Crippen LogP contribution in [0.3, 0.4) is 0 Å². The van der Waals surface area contributed by atoms with E-state index in [2.05, 4.69) is 27.8 Å². The van der Waals surface area contributed by atoms with Gasteiger partial charge in [0.1, 0.15) is 11.5 Å². The smallest absolute Gasteiger partial charge is 0.255 e. The number of amides is 5. The summed E-state index contributed by atoms with van der Waals surface area (Å²) in [5.74, 6) is 2.17. The number of fused-ring (bicyclic) bond motifs is 4. The van der Waals surface area contributed by atoms with E-state index in [-0.39, 0.29) is 72.1 Å². The van der Waals surface area contributed by atoms with Crippen molar-refractivity contribution in [2.75, 3.05) is 18.4 Å². The van der Waals surface area contributed by atoms with Gasteiger partial charge in [0.05, 0.1) is 6.04 Å². The zero-order valence-electron chi connectivity index (χ0n) is 36.2. The van der Waals surface area contributed by atoms with Gasteiger partial charge < -0.3 is 15.1 Å². The monoisotopic (exact) mass is 903 g/mol. The molecular formula is C51H52ClF2N5O6. The summed E-state index contributed by atoms with van der Waals surface area (Å²) in [5.41, 5.74) is 0.994. The number of imide groups is 1. The summed E-state index contributed by atoms with van der Waals surface area (Å²) in [7, 11) is 0. The first kappa shape index (κ1) is 43.4. The summed E-state index contributed by atoms with van der Waals surface area (Å²) in [5, 5.41) is 9.50. The zero-order valence-corrected chi connectivity index (χ0v) is 36.9. The number of carbonyl (C=O) groups is 6. The van der Waals surface area contributed by atoms with E-state index in [4.69, 9.17) is 11.6 Å². The molecular weight excluding hydrogens is 852 g/mol. The minimum Gasteiger partial charge on any atom is -0.342 e. The zero-order chi connectivity index (χ0) is 45.2. The molecule has 338 valence electrons. The maximum atomic E-state index is 16.1. The number of nitrogens with one attached hydrogen (secondary N) is 3. The number of Topliss-reactive ketones (excluding diaryl/α,β-unsaturated/α-hetero) is 1. The number of ketones is 1. The second kappa shape index (κ2) is 17.1. The third-order valence-electron chi connectivity index (χ3n) is 15.9. The molecule has 5 aliphatic heterocycles. The fourth-order valence-electron chi connectivity index (χ4n) is 12.7. The third kappa shape index (κ3) is 7.36. The lowest BCUT2D eigenvalue weighted by Crippen LogP contribution is -2.60. The van der Waals surface area contributed by atoms with Crippen molar-refractivity contribution >= 4 is 52.6 Å². The van der Waals surface area contributed by atoms with Gasteiger partial charge in [-0.25, -0.2) is 8.78 Å². The topological polar surface area (TPSA) is 145 Å². The Bertz CT molecular complexity index is 2570. The highest BCUT2D eigenvalue weighted by Gasteiger charge is 2.72. The van der Waals surface area contributed by atoms with Crippen LogP contribution in [0.5, 0.6) is 0 Å². The first-order valence-electron chi connectivity index (χ1n) is 23.3. The molecule has 2 aliphatic carbocycles. The number of hydrogen-bond acceptors (Lipinski definition) is 7. The van der Waals surface area contributed by atoms with Crippen LogP contribution in [0.1, 0.15) is 128 Å². The fourth-order valence-corrected chi connectivity index (χ4v) is 12.8. The van der Waals surface area contributed by atoms with Crippen molar-refractivity contribution in [1.29, 1.82) is 0 Å². The Hall–Kier alpha value is -5.45. The number of benzene rings is 3. The van der Waals surface area contributed by atoms with Gasteiger partial charge in [-0.2, -0.15) is 0 Å². The van der Waals surface area contributed by atoms with Crippen LogP contribution in [0.25, 0.3) is 0 Å². The molecule has 3 aromatic rings. The first-order chi connectivity index (χ1) is 31.4. The molecule has 4 atom stereocenters. The number of carbonyl (C=O) groups excluding carboxylic acids is 6. The summed E-state index contributed by atoms with van der Waals surface area (Å²) in [4.78, 5) is 84.3. The van der Waals surface area contributed by atoms with Gasteiger partial charge in [-0.3, -0.25) is 39.4 Å². The van der Waals surface area contributed by atoms with E-state index >= 15 is 8.78 Å². The van der Waals surface area contributed by atoms with Crippen LogP contribution in [0.4, 0.5) is 14.5 Å². The quantitative estimate of drug-likeness (QED) is 0.177. The maximum Gasteiger partial charge on any atom is 0.255 e. The lowest BCUT2D eigenvalue weighted by atomic mass is 9.55. The molecule has 2 saturated carbocycles. The molecule has 11 nitrogen and oxygen atoms in total. The van der Waals surface area contributed by atoms with E-state index < -0.39 is 46.5 Å². The van der Waals surface area contributed by atoms with E-state index in [1.54, 1.807) is 30.3 Å². The second-order valence-electron chi connectivity index (χ2n) is 19.3. The molecule has 14 heteroatoms. The van der Waals surface area contributed by atoms with Gasteiger partial charge in [-0.1, -0.05) is 67.0 Å². The molecule has 1 unspecified atom stereocenters. The summed E-state index contributed by atoms with van der Waals surface area (Å²) >= 11 is 6.40. The van der Waals surface area contributed by atoms with Crippen LogP contribution in [0.15, 0.2) is 54.6 Å². The minimum absolute atomic E-state index is 0.000509. The SMILES string of the molecule is O=C1CCC(N2Cc3c(C#CC4CCN(C(=O)C5CCC(CC(=O)[C@@H]6NC7(CCCCC7)[C@@]7(C(=O)Nc8cc(Cl)ccc87)[C@H]6c6cccc(F)c6F)CC5)CC4)cccc3C2=O)C(=O)N1. The van der Waals surface area contributed by atoms with Crippen molar-refractivity contribution in [2.24, 2.45) is 17.8 Å². The average molecular weight is 904 g/mol. The van der Waals surface area contributed by atoms with Crippen LogP contribution in [0.2, 0.25) is 5.02 Å². The largest absolute Gasteiger partial charge is 0.342 e. The Morgan fingerprint density at radius 1 is 0.862 bits per heavy atom. The van der Waals surface area contributed by atoms with E-state index in [0.29, 0.717) is 79.9 Å². The van der Waals surface area contributed by atoms with E-state index in [9.17, 15) is 28.8 Å². The molecule has 65 heavy (non-hydrogen) atoms. The highest BCUT2D eigenvalue weighted by atomic mass is 35.5. The molecule has 2 spiro atoms. The van der Waals surface area contributed by atoms with Crippen LogP contribution < -0.4 is 16.0 Å². The Labute approximate surface area is 381 Å². The third-order valence-corrected chi connectivity index (χ3v) is 16.1. The molecule has 0 radical (unpaired) electrons. The second-order valence-corrected chi connectivity index (χ2v) is 19.8. The lowest BCUT2D eigenvalue weighted by Gasteiger charge is -2.47. The maximum absolute atomic E-state index is 16.1. The van der Waals surface area contributed by atoms with Gasteiger partial charge in [-0.15, -0.1) is 0 Å². The van der Waals surface area contributed by atoms with E-state index in [1.165, 1.54) is 17.0 Å². The van der Waals surface area contributed by atoms with Gasteiger partial charge in [0.2, 0.25) is 23.6 Å². The Morgan fingerprint density at radius 2 is 1.62 bits per heavy atom. The Kier molecular flexibility index (Phi) is 11.4. The van der Waals surface area contributed by atoms with Gasteiger partial charge in [-0.05, 0) is 111 Å². The van der Waals surface area contributed by atoms with Crippen LogP contribution >= 0.6 is 11.6 Å². The van der Waals surface area contributed by atoms with Crippen LogP contribution in [0, 0.1) is 41.2 Å². The standard InChI is InChI=1S/C51H52ClF2N5O6/c52-33-16-17-37-39(27-33)55-49(65)51(37)43(35-8-5-9-38(53)44(35)54)45(57-50(51)22-2-1-3-23-50)41(60)26-30-11-14-32(15-12-30)47(63)58-24-20-29(21-25-58)10-13-31-6-4-7-34-36(31)28-59(48(34)64)40-18-19-42(61)56-46(40)62/h4-9,16-17,27,29-30,32,40,43,45,57H,1-3,11-12,14-15,18-26,28H2,(H,55,65)(H,56,61,62)/t30?,32?,40?,43-,45-,51+/m0/s1. The molecule has 3 aromatic carbocycles. The molecule has 5 fully saturated rings. The Balaban J connectivity index is 0.787. The number of anilines is 1. The summed E-state index contributed by atoms with van der Waals surface area (Å²) in [6.45, 7) is 1.43. The van der Waals surface area contributed by atoms with Crippen molar-refractivity contribution in [3.05, 3.63) is 99.1 Å². The number of likely N-dealkylation sites (tertiary alicyclic amines) is 1. The first-order valence-corrected chi connectivity index (χ1v) is 23.7. The van der Waals surface area contributed by atoms with Crippen molar-refractivity contribution in [3.63, 3.8) is 0 Å². The fraction of sp³-hybridized carbons (Fsp3) is 0.490. The molecule has 0 aromatic heterocycles. The molecule has 0 bridgehead atoms. The van der Waals surface area contributed by atoms with Crippen molar-refractivity contribution in [2.45, 2.75) is 125 Å². The van der Waals surface area contributed by atoms with E-state index in [1.807, 2.05) is 11.0 Å². The van der Waals surface area contributed by atoms with Crippen LogP contribution in [-0.2, 0) is 35.9 Å². The molecule has 5 heterocycles. The summed E-state index contributed by atoms with van der Waals surface area (Å²) in [6.07, 6.45) is 8.58.